The highest BCUT2D eigenvalue weighted by atomic mass is 35.5. The summed E-state index contributed by atoms with van der Waals surface area (Å²) in [7, 11) is 0. The number of hydrogen-bond donors (Lipinski definition) is 0. The average molecular weight is 409 g/mol. The van der Waals surface area contributed by atoms with Gasteiger partial charge in [0.2, 0.25) is 4.96 Å². The Labute approximate surface area is 160 Å². The Hall–Kier alpha value is -1.92. The summed E-state index contributed by atoms with van der Waals surface area (Å²) in [5.74, 6) is 0.460. The number of rotatable bonds is 2. The van der Waals surface area contributed by atoms with E-state index in [1.54, 1.807) is 36.4 Å². The predicted octanol–water partition coefficient (Wildman–Crippen LogP) is 4.33. The fourth-order valence-electron chi connectivity index (χ4n) is 2.34. The maximum absolute atomic E-state index is 12.6. The van der Waals surface area contributed by atoms with Gasteiger partial charge in [-0.1, -0.05) is 64.3 Å². The summed E-state index contributed by atoms with van der Waals surface area (Å²) in [6, 6.07) is 12.3. The molecule has 4 nitrogen and oxygen atoms in total. The van der Waals surface area contributed by atoms with Gasteiger partial charge >= 0.3 is 0 Å². The molecule has 2 aromatic carbocycles. The van der Waals surface area contributed by atoms with Crippen LogP contribution in [0.3, 0.4) is 0 Å². The lowest BCUT2D eigenvalue weighted by Gasteiger charge is -1.97. The van der Waals surface area contributed by atoms with Crippen LogP contribution in [-0.4, -0.2) is 14.6 Å². The fourth-order valence-corrected chi connectivity index (χ4v) is 3.90. The Balaban J connectivity index is 1.83. The Morgan fingerprint density at radius 1 is 1.04 bits per heavy atom. The van der Waals surface area contributed by atoms with Crippen LogP contribution < -0.4 is 10.1 Å². The van der Waals surface area contributed by atoms with Crippen molar-refractivity contribution >= 4 is 57.2 Å². The highest BCUT2D eigenvalue weighted by Crippen LogP contribution is 2.22. The van der Waals surface area contributed by atoms with Crippen LogP contribution in [0.15, 0.2) is 47.3 Å². The predicted molar refractivity (Wildman–Crippen MR) is 103 cm³/mol. The molecule has 124 valence electrons. The van der Waals surface area contributed by atoms with E-state index >= 15 is 0 Å². The highest BCUT2D eigenvalue weighted by molar-refractivity contribution is 7.15. The fraction of sp³-hybridized carbons (Fsp3) is 0. The number of aromatic nitrogens is 3. The minimum absolute atomic E-state index is 0.244. The van der Waals surface area contributed by atoms with E-state index in [4.69, 9.17) is 34.8 Å². The lowest BCUT2D eigenvalue weighted by atomic mass is 10.2. The molecule has 2 aromatic heterocycles. The summed E-state index contributed by atoms with van der Waals surface area (Å²) in [5.41, 5.74) is 1.23. The first-order chi connectivity index (χ1) is 12.0. The van der Waals surface area contributed by atoms with E-state index < -0.39 is 0 Å². The van der Waals surface area contributed by atoms with Gasteiger partial charge in [-0.2, -0.15) is 9.50 Å². The highest BCUT2D eigenvalue weighted by Gasteiger charge is 2.12. The largest absolute Gasteiger partial charge is 0.291 e. The van der Waals surface area contributed by atoms with Crippen LogP contribution >= 0.6 is 46.1 Å². The first-order valence-corrected chi connectivity index (χ1v) is 9.08. The topological polar surface area (TPSA) is 47.3 Å². The molecule has 0 saturated carbocycles. The monoisotopic (exact) mass is 407 g/mol. The summed E-state index contributed by atoms with van der Waals surface area (Å²) in [6.07, 6.45) is 1.71. The molecule has 0 aliphatic carbocycles. The first kappa shape index (κ1) is 16.5. The molecule has 0 aliphatic heterocycles. The molecule has 0 aliphatic rings. The molecular formula is C17H8Cl3N3OS. The molecule has 0 radical (unpaired) electrons. The maximum Gasteiger partial charge on any atom is 0.291 e. The van der Waals surface area contributed by atoms with Crippen molar-refractivity contribution < 1.29 is 0 Å². The maximum atomic E-state index is 12.6. The molecule has 4 rings (SSSR count). The third kappa shape index (κ3) is 3.16. The van der Waals surface area contributed by atoms with Crippen LogP contribution in [0.5, 0.6) is 0 Å². The Kier molecular flexibility index (Phi) is 4.25. The summed E-state index contributed by atoms with van der Waals surface area (Å²) in [5, 5.41) is 5.90. The van der Waals surface area contributed by atoms with E-state index in [9.17, 15) is 4.79 Å². The standard InChI is InChI=1S/C17H8Cl3N3OS/c18-11-3-1-2-10(6-11)15-21-17-23(22-15)16(24)14(25-17)7-9-4-5-12(19)8-13(9)20/h1-8H. The van der Waals surface area contributed by atoms with Crippen LogP contribution in [0, 0.1) is 0 Å². The lowest BCUT2D eigenvalue weighted by molar-refractivity contribution is 0.937. The van der Waals surface area contributed by atoms with Gasteiger partial charge in [0.15, 0.2) is 5.82 Å². The molecule has 4 aromatic rings. The molecule has 0 N–H and O–H groups in total. The number of halogens is 3. The van der Waals surface area contributed by atoms with Crippen LogP contribution in [-0.2, 0) is 0 Å². The molecule has 25 heavy (non-hydrogen) atoms. The van der Waals surface area contributed by atoms with Gasteiger partial charge in [0.05, 0.1) is 4.53 Å². The van der Waals surface area contributed by atoms with Gasteiger partial charge in [-0.3, -0.25) is 4.79 Å². The number of hydrogen-bond acceptors (Lipinski definition) is 4. The van der Waals surface area contributed by atoms with Crippen molar-refractivity contribution in [2.75, 3.05) is 0 Å². The zero-order valence-corrected chi connectivity index (χ0v) is 15.5. The van der Waals surface area contributed by atoms with Crippen molar-refractivity contribution in [3.8, 4) is 11.4 Å². The van der Waals surface area contributed by atoms with Crippen LogP contribution in [0.4, 0.5) is 0 Å². The molecule has 0 amide bonds. The second-order valence-electron chi connectivity index (χ2n) is 5.22. The van der Waals surface area contributed by atoms with Crippen molar-refractivity contribution in [2.24, 2.45) is 0 Å². The van der Waals surface area contributed by atoms with Gasteiger partial charge in [-0.15, -0.1) is 5.10 Å². The van der Waals surface area contributed by atoms with Crippen molar-refractivity contribution in [3.63, 3.8) is 0 Å². The van der Waals surface area contributed by atoms with Gasteiger partial charge in [0.25, 0.3) is 5.56 Å². The van der Waals surface area contributed by atoms with Gasteiger partial charge in [0, 0.05) is 20.6 Å². The summed E-state index contributed by atoms with van der Waals surface area (Å²) >= 11 is 19.3. The van der Waals surface area contributed by atoms with Crippen LogP contribution in [0.1, 0.15) is 5.56 Å². The van der Waals surface area contributed by atoms with Gasteiger partial charge in [-0.05, 0) is 35.9 Å². The van der Waals surface area contributed by atoms with Gasteiger partial charge in [-0.25, -0.2) is 0 Å². The van der Waals surface area contributed by atoms with E-state index in [2.05, 4.69) is 10.1 Å². The normalized spacial score (nSPS) is 12.2. The van der Waals surface area contributed by atoms with E-state index in [1.165, 1.54) is 15.9 Å². The molecule has 0 bridgehead atoms. The molecule has 0 fully saturated rings. The van der Waals surface area contributed by atoms with Crippen LogP contribution in [0.25, 0.3) is 22.4 Å². The van der Waals surface area contributed by atoms with Crippen molar-refractivity contribution in [3.05, 3.63) is 78.0 Å². The smallest absolute Gasteiger partial charge is 0.266 e. The zero-order chi connectivity index (χ0) is 17.6. The number of nitrogens with zero attached hydrogens (tertiary/aromatic N) is 3. The van der Waals surface area contributed by atoms with E-state index in [-0.39, 0.29) is 5.56 Å². The Bertz CT molecular complexity index is 1220. The van der Waals surface area contributed by atoms with Gasteiger partial charge < -0.3 is 0 Å². The quantitative estimate of drug-likeness (QED) is 0.496. The van der Waals surface area contributed by atoms with Crippen molar-refractivity contribution in [1.82, 2.24) is 14.6 Å². The third-order valence-corrected chi connectivity index (χ3v) is 5.27. The van der Waals surface area contributed by atoms with E-state index in [0.717, 1.165) is 5.56 Å². The molecule has 8 heteroatoms. The van der Waals surface area contributed by atoms with Crippen molar-refractivity contribution in [1.29, 1.82) is 0 Å². The van der Waals surface area contributed by atoms with Crippen LogP contribution in [0.2, 0.25) is 15.1 Å². The average Bonchev–Trinajstić information content (AvgIpc) is 3.10. The summed E-state index contributed by atoms with van der Waals surface area (Å²) < 4.78 is 1.79. The number of fused-ring (bicyclic) bond motifs is 1. The molecule has 0 spiro atoms. The first-order valence-electron chi connectivity index (χ1n) is 7.13. The summed E-state index contributed by atoms with van der Waals surface area (Å²) in [6.45, 7) is 0. The van der Waals surface area contributed by atoms with Gasteiger partial charge in [0.1, 0.15) is 0 Å². The molecule has 0 unspecified atom stereocenters. The Morgan fingerprint density at radius 2 is 1.84 bits per heavy atom. The zero-order valence-electron chi connectivity index (χ0n) is 12.4. The molecule has 2 heterocycles. The second-order valence-corrected chi connectivity index (χ2v) is 7.51. The number of thiazole rings is 1. The minimum atomic E-state index is -0.244. The number of benzene rings is 2. The SMILES string of the molecule is O=c1c(=Cc2ccc(Cl)cc2Cl)sc2nc(-c3cccc(Cl)c3)nn12. The molecule has 0 atom stereocenters. The van der Waals surface area contributed by atoms with E-state index in [1.807, 2.05) is 12.1 Å². The van der Waals surface area contributed by atoms with E-state index in [0.29, 0.717) is 35.9 Å². The second kappa shape index (κ2) is 6.42. The third-order valence-electron chi connectivity index (χ3n) is 3.51. The minimum Gasteiger partial charge on any atom is -0.266 e. The molecular weight excluding hydrogens is 401 g/mol. The van der Waals surface area contributed by atoms with Crippen molar-refractivity contribution in [2.45, 2.75) is 0 Å². The Morgan fingerprint density at radius 3 is 2.56 bits per heavy atom. The summed E-state index contributed by atoms with van der Waals surface area (Å²) in [4.78, 5) is 17.5. The molecule has 0 saturated heterocycles. The lowest BCUT2D eigenvalue weighted by Crippen LogP contribution is -2.23.